The standard InChI is InChI=1S/C10H11F3N4O2/c11-10(12,13)5-17-4-6(3-7(17)18)8(19)16-9-14-1-2-15-9/h1-2,6H,3-5H2,(H2,14,15,16,19). The monoisotopic (exact) mass is 276 g/mol. The van der Waals surface area contributed by atoms with Crippen molar-refractivity contribution < 1.29 is 22.8 Å². The number of H-pyrrole nitrogens is 1. The van der Waals surface area contributed by atoms with E-state index >= 15 is 0 Å². The molecular formula is C10H11F3N4O2. The Kier molecular flexibility index (Phi) is 3.45. The van der Waals surface area contributed by atoms with Crippen molar-refractivity contribution in [2.45, 2.75) is 12.6 Å². The number of anilines is 1. The molecule has 0 saturated carbocycles. The molecule has 1 aliphatic heterocycles. The molecule has 19 heavy (non-hydrogen) atoms. The lowest BCUT2D eigenvalue weighted by molar-refractivity contribution is -0.157. The number of likely N-dealkylation sites (tertiary alicyclic amines) is 1. The Morgan fingerprint density at radius 3 is 2.89 bits per heavy atom. The summed E-state index contributed by atoms with van der Waals surface area (Å²) in [5, 5.41) is 2.40. The second kappa shape index (κ2) is 4.90. The Hall–Kier alpha value is -2.06. The number of imidazole rings is 1. The van der Waals surface area contributed by atoms with Gasteiger partial charge in [0.1, 0.15) is 6.54 Å². The summed E-state index contributed by atoms with van der Waals surface area (Å²) in [6, 6.07) is 0. The van der Waals surface area contributed by atoms with Crippen LogP contribution >= 0.6 is 0 Å². The van der Waals surface area contributed by atoms with E-state index in [1.54, 1.807) is 0 Å². The lowest BCUT2D eigenvalue weighted by atomic mass is 10.1. The van der Waals surface area contributed by atoms with Crippen molar-refractivity contribution in [1.29, 1.82) is 0 Å². The SMILES string of the molecule is O=C(Nc1ncc[nH]1)C1CC(=O)N(CC(F)(F)F)C1. The van der Waals surface area contributed by atoms with Gasteiger partial charge in [-0.3, -0.25) is 14.9 Å². The number of halogens is 3. The third-order valence-corrected chi connectivity index (χ3v) is 2.70. The number of nitrogens with zero attached hydrogens (tertiary/aromatic N) is 2. The first-order chi connectivity index (χ1) is 8.85. The molecule has 2 rings (SSSR count). The number of carbonyl (C=O) groups is 2. The number of rotatable bonds is 3. The first-order valence-electron chi connectivity index (χ1n) is 5.50. The molecule has 0 bridgehead atoms. The van der Waals surface area contributed by atoms with Gasteiger partial charge in [0, 0.05) is 25.4 Å². The van der Waals surface area contributed by atoms with Gasteiger partial charge < -0.3 is 9.88 Å². The average molecular weight is 276 g/mol. The van der Waals surface area contributed by atoms with Crippen LogP contribution in [0.25, 0.3) is 0 Å². The van der Waals surface area contributed by atoms with E-state index < -0.39 is 30.5 Å². The van der Waals surface area contributed by atoms with Crippen molar-refractivity contribution in [3.05, 3.63) is 12.4 Å². The van der Waals surface area contributed by atoms with Crippen molar-refractivity contribution in [3.8, 4) is 0 Å². The zero-order valence-corrected chi connectivity index (χ0v) is 9.70. The van der Waals surface area contributed by atoms with Gasteiger partial charge in [-0.15, -0.1) is 0 Å². The molecule has 1 aliphatic rings. The summed E-state index contributed by atoms with van der Waals surface area (Å²) in [4.78, 5) is 30.2. The van der Waals surface area contributed by atoms with Crippen molar-refractivity contribution in [2.75, 3.05) is 18.4 Å². The van der Waals surface area contributed by atoms with E-state index in [0.29, 0.717) is 4.90 Å². The summed E-state index contributed by atoms with van der Waals surface area (Å²) in [6.07, 6.45) is -1.76. The van der Waals surface area contributed by atoms with E-state index in [4.69, 9.17) is 0 Å². The molecule has 1 atom stereocenters. The number of alkyl halides is 3. The second-order valence-electron chi connectivity index (χ2n) is 4.22. The first kappa shape index (κ1) is 13.4. The fourth-order valence-electron chi connectivity index (χ4n) is 1.87. The minimum atomic E-state index is -4.46. The summed E-state index contributed by atoms with van der Waals surface area (Å²) in [5.74, 6) is -1.78. The minimum Gasteiger partial charge on any atom is -0.333 e. The van der Waals surface area contributed by atoms with Gasteiger partial charge in [-0.1, -0.05) is 0 Å². The Labute approximate surface area is 106 Å². The van der Waals surface area contributed by atoms with Crippen LogP contribution in [0.4, 0.5) is 19.1 Å². The highest BCUT2D eigenvalue weighted by atomic mass is 19.4. The fourth-order valence-corrected chi connectivity index (χ4v) is 1.87. The smallest absolute Gasteiger partial charge is 0.333 e. The van der Waals surface area contributed by atoms with E-state index in [1.807, 2.05) is 0 Å². The third kappa shape index (κ3) is 3.46. The van der Waals surface area contributed by atoms with Crippen LogP contribution in [0.5, 0.6) is 0 Å². The largest absolute Gasteiger partial charge is 0.406 e. The molecule has 1 fully saturated rings. The number of aromatic nitrogens is 2. The highest BCUT2D eigenvalue weighted by Crippen LogP contribution is 2.24. The van der Waals surface area contributed by atoms with E-state index in [9.17, 15) is 22.8 Å². The zero-order chi connectivity index (χ0) is 14.0. The van der Waals surface area contributed by atoms with E-state index in [-0.39, 0.29) is 18.9 Å². The van der Waals surface area contributed by atoms with Crippen LogP contribution < -0.4 is 5.32 Å². The maximum Gasteiger partial charge on any atom is 0.406 e. The fraction of sp³-hybridized carbons (Fsp3) is 0.500. The highest BCUT2D eigenvalue weighted by Gasteiger charge is 2.40. The quantitative estimate of drug-likeness (QED) is 0.855. The number of amides is 2. The summed E-state index contributed by atoms with van der Waals surface area (Å²) in [6.45, 7) is -1.55. The Bertz CT molecular complexity index is 472. The Morgan fingerprint density at radius 2 is 2.32 bits per heavy atom. The Morgan fingerprint density at radius 1 is 1.58 bits per heavy atom. The number of carbonyl (C=O) groups excluding carboxylic acids is 2. The molecular weight excluding hydrogens is 265 g/mol. The molecule has 1 saturated heterocycles. The van der Waals surface area contributed by atoms with Gasteiger partial charge >= 0.3 is 6.18 Å². The zero-order valence-electron chi connectivity index (χ0n) is 9.70. The molecule has 0 spiro atoms. The molecule has 2 heterocycles. The molecule has 1 aromatic rings. The van der Waals surface area contributed by atoms with Gasteiger partial charge in [0.05, 0.1) is 5.92 Å². The van der Waals surface area contributed by atoms with Gasteiger partial charge in [0.15, 0.2) is 0 Å². The van der Waals surface area contributed by atoms with E-state index in [1.165, 1.54) is 12.4 Å². The third-order valence-electron chi connectivity index (χ3n) is 2.70. The predicted molar refractivity (Wildman–Crippen MR) is 58.0 cm³/mol. The molecule has 1 aromatic heterocycles. The highest BCUT2D eigenvalue weighted by molar-refractivity contribution is 5.96. The molecule has 9 heteroatoms. The van der Waals surface area contributed by atoms with E-state index in [0.717, 1.165) is 0 Å². The molecule has 2 N–H and O–H groups in total. The van der Waals surface area contributed by atoms with Crippen molar-refractivity contribution in [3.63, 3.8) is 0 Å². The van der Waals surface area contributed by atoms with Crippen molar-refractivity contribution in [2.24, 2.45) is 5.92 Å². The summed E-state index contributed by atoms with van der Waals surface area (Å²) in [7, 11) is 0. The number of aromatic amines is 1. The first-order valence-corrected chi connectivity index (χ1v) is 5.50. The van der Waals surface area contributed by atoms with Gasteiger partial charge in [0.2, 0.25) is 17.8 Å². The van der Waals surface area contributed by atoms with Crippen LogP contribution in [0, 0.1) is 5.92 Å². The molecule has 2 amide bonds. The van der Waals surface area contributed by atoms with Gasteiger partial charge in [0.25, 0.3) is 0 Å². The number of nitrogens with one attached hydrogen (secondary N) is 2. The summed E-state index contributed by atoms with van der Waals surface area (Å²) < 4.78 is 36.6. The summed E-state index contributed by atoms with van der Waals surface area (Å²) >= 11 is 0. The van der Waals surface area contributed by atoms with Gasteiger partial charge in [-0.25, -0.2) is 4.98 Å². The van der Waals surface area contributed by atoms with Gasteiger partial charge in [-0.2, -0.15) is 13.2 Å². The molecule has 0 aromatic carbocycles. The predicted octanol–water partition coefficient (Wildman–Crippen LogP) is 0.759. The maximum absolute atomic E-state index is 12.2. The molecule has 1 unspecified atom stereocenters. The van der Waals surface area contributed by atoms with Crippen LogP contribution in [0.15, 0.2) is 12.4 Å². The van der Waals surface area contributed by atoms with Crippen LogP contribution in [0.2, 0.25) is 0 Å². The van der Waals surface area contributed by atoms with Crippen LogP contribution in [-0.2, 0) is 9.59 Å². The topological polar surface area (TPSA) is 78.1 Å². The molecule has 0 aliphatic carbocycles. The Balaban J connectivity index is 1.93. The van der Waals surface area contributed by atoms with Crippen LogP contribution in [0.3, 0.4) is 0 Å². The average Bonchev–Trinajstić information content (AvgIpc) is 2.88. The van der Waals surface area contributed by atoms with Crippen LogP contribution in [0.1, 0.15) is 6.42 Å². The summed E-state index contributed by atoms with van der Waals surface area (Å²) in [5.41, 5.74) is 0. The lowest BCUT2D eigenvalue weighted by Gasteiger charge is -2.18. The normalized spacial score (nSPS) is 19.8. The molecule has 6 nitrogen and oxygen atoms in total. The van der Waals surface area contributed by atoms with Crippen molar-refractivity contribution in [1.82, 2.24) is 14.9 Å². The van der Waals surface area contributed by atoms with Gasteiger partial charge in [-0.05, 0) is 0 Å². The minimum absolute atomic E-state index is 0.201. The number of hydrogen-bond donors (Lipinski definition) is 2. The maximum atomic E-state index is 12.2. The number of hydrogen-bond acceptors (Lipinski definition) is 3. The lowest BCUT2D eigenvalue weighted by Crippen LogP contribution is -2.36. The second-order valence-corrected chi connectivity index (χ2v) is 4.22. The van der Waals surface area contributed by atoms with Crippen LogP contribution in [-0.4, -0.2) is 45.9 Å². The van der Waals surface area contributed by atoms with E-state index in [2.05, 4.69) is 15.3 Å². The molecule has 104 valence electrons. The van der Waals surface area contributed by atoms with Crippen molar-refractivity contribution >= 4 is 17.8 Å². The molecule has 0 radical (unpaired) electrons.